The number of nitrogens with one attached hydrogen (secondary N) is 2. The van der Waals surface area contributed by atoms with Gasteiger partial charge >= 0.3 is 0 Å². The molecule has 0 bridgehead atoms. The average Bonchev–Trinajstić information content (AvgIpc) is 2.76. The molecule has 2 aromatic carbocycles. The quantitative estimate of drug-likeness (QED) is 0.609. The Balaban J connectivity index is 1.93. The van der Waals surface area contributed by atoms with Crippen LogP contribution in [0.4, 0.5) is 5.69 Å². The normalized spacial score (nSPS) is 12.8. The van der Waals surface area contributed by atoms with Crippen LogP contribution < -0.4 is 10.6 Å². The maximum Gasteiger partial charge on any atom is 0.261 e. The summed E-state index contributed by atoms with van der Waals surface area (Å²) in [6, 6.07) is 11.8. The molecule has 104 valence electrons. The Morgan fingerprint density at radius 1 is 1.00 bits per heavy atom. The Morgan fingerprint density at radius 3 is 2.43 bits per heavy atom. The van der Waals surface area contributed by atoms with Gasteiger partial charge in [0, 0.05) is 9.13 Å². The molecular weight excluding hydrogens is 383 g/mol. The smallest absolute Gasteiger partial charge is 0.261 e. The van der Waals surface area contributed by atoms with E-state index in [1.54, 1.807) is 30.3 Å². The predicted octanol–water partition coefficient (Wildman–Crippen LogP) is 2.43. The first kappa shape index (κ1) is 13.7. The van der Waals surface area contributed by atoms with Crippen LogP contribution in [0, 0.1) is 3.57 Å². The van der Waals surface area contributed by atoms with E-state index in [9.17, 15) is 14.4 Å². The van der Waals surface area contributed by atoms with Gasteiger partial charge in [0.25, 0.3) is 17.7 Å². The second kappa shape index (κ2) is 5.28. The van der Waals surface area contributed by atoms with Crippen molar-refractivity contribution < 1.29 is 14.4 Å². The molecule has 5 nitrogen and oxygen atoms in total. The van der Waals surface area contributed by atoms with E-state index in [-0.39, 0.29) is 17.0 Å². The molecule has 0 fully saturated rings. The summed E-state index contributed by atoms with van der Waals surface area (Å²) in [6.45, 7) is 0. The Kier molecular flexibility index (Phi) is 3.46. The van der Waals surface area contributed by atoms with E-state index in [0.717, 1.165) is 3.57 Å². The Morgan fingerprint density at radius 2 is 1.71 bits per heavy atom. The van der Waals surface area contributed by atoms with Gasteiger partial charge in [0.05, 0.1) is 16.8 Å². The fourth-order valence-corrected chi connectivity index (χ4v) is 2.48. The molecule has 1 aliphatic rings. The number of rotatable bonds is 2. The van der Waals surface area contributed by atoms with Crippen molar-refractivity contribution in [3.8, 4) is 0 Å². The minimum atomic E-state index is -0.492. The summed E-state index contributed by atoms with van der Waals surface area (Å²) in [5, 5.41) is 4.89. The number of carbonyl (C=O) groups excluding carboxylic acids is 3. The summed E-state index contributed by atoms with van der Waals surface area (Å²) in [6.07, 6.45) is 0. The molecule has 0 unspecified atom stereocenters. The number of carbonyl (C=O) groups is 3. The first-order chi connectivity index (χ1) is 10.1. The zero-order chi connectivity index (χ0) is 15.0. The van der Waals surface area contributed by atoms with Crippen LogP contribution >= 0.6 is 22.6 Å². The van der Waals surface area contributed by atoms with Crippen LogP contribution in [0.2, 0.25) is 0 Å². The number of hydrogen-bond acceptors (Lipinski definition) is 3. The summed E-state index contributed by atoms with van der Waals surface area (Å²) >= 11 is 2.15. The zero-order valence-electron chi connectivity index (χ0n) is 10.6. The summed E-state index contributed by atoms with van der Waals surface area (Å²) in [5.74, 6) is -1.26. The van der Waals surface area contributed by atoms with Crippen molar-refractivity contribution >= 4 is 46.0 Å². The van der Waals surface area contributed by atoms with Gasteiger partial charge in [0.15, 0.2) is 0 Å². The second-order valence-corrected chi connectivity index (χ2v) is 5.72. The van der Waals surface area contributed by atoms with Gasteiger partial charge in [-0.05, 0) is 59.0 Å². The van der Waals surface area contributed by atoms with Gasteiger partial charge in [-0.15, -0.1) is 0 Å². The molecule has 0 atom stereocenters. The fourth-order valence-electron chi connectivity index (χ4n) is 2.12. The summed E-state index contributed by atoms with van der Waals surface area (Å²) in [5.41, 5.74) is 1.30. The number of halogens is 1. The second-order valence-electron chi connectivity index (χ2n) is 4.47. The van der Waals surface area contributed by atoms with E-state index in [2.05, 4.69) is 33.2 Å². The third-order valence-electron chi connectivity index (χ3n) is 3.12. The van der Waals surface area contributed by atoms with Crippen molar-refractivity contribution in [2.75, 3.05) is 5.32 Å². The molecule has 1 heterocycles. The van der Waals surface area contributed by atoms with Crippen molar-refractivity contribution in [3.63, 3.8) is 0 Å². The molecule has 0 aromatic heterocycles. The molecule has 0 radical (unpaired) electrons. The molecule has 0 spiro atoms. The topological polar surface area (TPSA) is 75.3 Å². The molecule has 0 saturated heterocycles. The number of benzene rings is 2. The number of imide groups is 1. The highest BCUT2D eigenvalue weighted by atomic mass is 127. The molecule has 3 rings (SSSR count). The van der Waals surface area contributed by atoms with Crippen LogP contribution in [0.1, 0.15) is 31.1 Å². The highest BCUT2D eigenvalue weighted by molar-refractivity contribution is 14.1. The Bertz CT molecular complexity index is 769. The first-order valence-corrected chi connectivity index (χ1v) is 7.20. The molecule has 3 amide bonds. The standard InChI is InChI=1S/C15H9IN2O3/c16-9-6-4-8(5-7-9)13(19)17-11-3-1-2-10-12(11)15(21)18-14(10)20/h1-7H,(H,17,19)(H,18,20,21). The van der Waals surface area contributed by atoms with E-state index < -0.39 is 11.8 Å². The monoisotopic (exact) mass is 392 g/mol. The Labute approximate surface area is 133 Å². The fraction of sp³-hybridized carbons (Fsp3) is 0. The highest BCUT2D eigenvalue weighted by Gasteiger charge is 2.29. The maximum absolute atomic E-state index is 12.2. The third-order valence-corrected chi connectivity index (χ3v) is 3.84. The SMILES string of the molecule is O=C(Nc1cccc2c1C(=O)NC2=O)c1ccc(I)cc1. The number of amides is 3. The minimum absolute atomic E-state index is 0.210. The predicted molar refractivity (Wildman–Crippen MR) is 85.4 cm³/mol. The summed E-state index contributed by atoms with van der Waals surface area (Å²) in [7, 11) is 0. The summed E-state index contributed by atoms with van der Waals surface area (Å²) in [4.78, 5) is 35.5. The lowest BCUT2D eigenvalue weighted by Gasteiger charge is -2.08. The van der Waals surface area contributed by atoms with Crippen LogP contribution in [0.5, 0.6) is 0 Å². The van der Waals surface area contributed by atoms with Crippen LogP contribution in [-0.4, -0.2) is 17.7 Å². The lowest BCUT2D eigenvalue weighted by atomic mass is 10.1. The third kappa shape index (κ3) is 2.54. The average molecular weight is 392 g/mol. The number of fused-ring (bicyclic) bond motifs is 1. The van der Waals surface area contributed by atoms with Crippen LogP contribution in [0.15, 0.2) is 42.5 Å². The largest absolute Gasteiger partial charge is 0.321 e. The lowest BCUT2D eigenvalue weighted by Crippen LogP contribution is -2.20. The van der Waals surface area contributed by atoms with Crippen LogP contribution in [0.25, 0.3) is 0 Å². The highest BCUT2D eigenvalue weighted by Crippen LogP contribution is 2.24. The van der Waals surface area contributed by atoms with Crippen molar-refractivity contribution in [1.82, 2.24) is 5.32 Å². The molecule has 2 aromatic rings. The van der Waals surface area contributed by atoms with Gasteiger partial charge in [0.1, 0.15) is 0 Å². The van der Waals surface area contributed by atoms with Gasteiger partial charge in [-0.2, -0.15) is 0 Å². The molecule has 0 aliphatic carbocycles. The Hall–Kier alpha value is -2.22. The van der Waals surface area contributed by atoms with E-state index in [1.807, 2.05) is 12.1 Å². The number of anilines is 1. The molecule has 21 heavy (non-hydrogen) atoms. The van der Waals surface area contributed by atoms with Gasteiger partial charge < -0.3 is 5.32 Å². The molecular formula is C15H9IN2O3. The first-order valence-electron chi connectivity index (χ1n) is 6.12. The van der Waals surface area contributed by atoms with Crippen LogP contribution in [0.3, 0.4) is 0 Å². The zero-order valence-corrected chi connectivity index (χ0v) is 12.8. The van der Waals surface area contributed by atoms with Crippen molar-refractivity contribution in [2.24, 2.45) is 0 Å². The van der Waals surface area contributed by atoms with E-state index in [4.69, 9.17) is 0 Å². The minimum Gasteiger partial charge on any atom is -0.321 e. The lowest BCUT2D eigenvalue weighted by molar-refractivity contribution is 0.0879. The van der Waals surface area contributed by atoms with E-state index >= 15 is 0 Å². The summed E-state index contributed by atoms with van der Waals surface area (Å²) < 4.78 is 1.02. The maximum atomic E-state index is 12.2. The van der Waals surface area contributed by atoms with Gasteiger partial charge in [-0.1, -0.05) is 6.07 Å². The van der Waals surface area contributed by atoms with Crippen molar-refractivity contribution in [1.29, 1.82) is 0 Å². The van der Waals surface area contributed by atoms with E-state index in [1.165, 1.54) is 0 Å². The molecule has 6 heteroatoms. The van der Waals surface area contributed by atoms with Gasteiger partial charge in [-0.25, -0.2) is 0 Å². The molecule has 2 N–H and O–H groups in total. The van der Waals surface area contributed by atoms with Gasteiger partial charge in [0.2, 0.25) is 0 Å². The van der Waals surface area contributed by atoms with E-state index in [0.29, 0.717) is 11.3 Å². The molecule has 0 saturated carbocycles. The van der Waals surface area contributed by atoms with Crippen molar-refractivity contribution in [3.05, 3.63) is 62.7 Å². The van der Waals surface area contributed by atoms with Crippen LogP contribution in [-0.2, 0) is 0 Å². The number of hydrogen-bond donors (Lipinski definition) is 2. The molecule has 1 aliphatic heterocycles. The van der Waals surface area contributed by atoms with Gasteiger partial charge in [-0.3, -0.25) is 19.7 Å². The van der Waals surface area contributed by atoms with Crippen molar-refractivity contribution in [2.45, 2.75) is 0 Å².